The van der Waals surface area contributed by atoms with Crippen LogP contribution < -0.4 is 4.90 Å². The SMILES string of the molecule is CCC1CCCCN1C(=O)C1CC(=O)N(c2ccc(C)c(Cl)c2)C1. The Morgan fingerprint density at radius 3 is 2.83 bits per heavy atom. The quantitative estimate of drug-likeness (QED) is 0.833. The Kier molecular flexibility index (Phi) is 5.14. The highest BCUT2D eigenvalue weighted by Crippen LogP contribution is 2.31. The van der Waals surface area contributed by atoms with Gasteiger partial charge >= 0.3 is 0 Å². The standard InChI is InChI=1S/C19H25ClN2O2/c1-3-15-6-4-5-9-21(15)19(24)14-10-18(23)22(12-14)16-8-7-13(2)17(20)11-16/h7-8,11,14-15H,3-6,9-10,12H2,1-2H3. The van der Waals surface area contributed by atoms with Crippen molar-refractivity contribution >= 4 is 29.1 Å². The first-order chi connectivity index (χ1) is 11.5. The molecule has 1 aromatic carbocycles. The fourth-order valence-electron chi connectivity index (χ4n) is 3.82. The average molecular weight is 349 g/mol. The molecule has 2 aliphatic rings. The molecule has 24 heavy (non-hydrogen) atoms. The number of hydrogen-bond acceptors (Lipinski definition) is 2. The predicted octanol–water partition coefficient (Wildman–Crippen LogP) is 3.79. The van der Waals surface area contributed by atoms with Crippen LogP contribution in [-0.4, -0.2) is 35.8 Å². The number of carbonyl (C=O) groups excluding carboxylic acids is 2. The van der Waals surface area contributed by atoms with E-state index in [1.165, 1.54) is 6.42 Å². The summed E-state index contributed by atoms with van der Waals surface area (Å²) >= 11 is 6.19. The Morgan fingerprint density at radius 2 is 2.12 bits per heavy atom. The van der Waals surface area contributed by atoms with Crippen LogP contribution in [0.2, 0.25) is 5.02 Å². The molecule has 2 atom stereocenters. The molecule has 0 N–H and O–H groups in total. The molecular weight excluding hydrogens is 324 g/mol. The van der Waals surface area contributed by atoms with Crippen molar-refractivity contribution in [3.8, 4) is 0 Å². The summed E-state index contributed by atoms with van der Waals surface area (Å²) in [6.07, 6.45) is 4.64. The second kappa shape index (κ2) is 7.14. The number of carbonyl (C=O) groups is 2. The lowest BCUT2D eigenvalue weighted by atomic mass is 9.97. The molecule has 0 radical (unpaired) electrons. The zero-order valence-electron chi connectivity index (χ0n) is 14.4. The highest BCUT2D eigenvalue weighted by atomic mass is 35.5. The van der Waals surface area contributed by atoms with Gasteiger partial charge in [-0.3, -0.25) is 9.59 Å². The molecule has 1 aromatic rings. The molecule has 4 nitrogen and oxygen atoms in total. The lowest BCUT2D eigenvalue weighted by molar-refractivity contribution is -0.139. The van der Waals surface area contributed by atoms with Gasteiger partial charge < -0.3 is 9.80 Å². The minimum Gasteiger partial charge on any atom is -0.339 e. The molecule has 0 spiro atoms. The van der Waals surface area contributed by atoms with Gasteiger partial charge in [0.15, 0.2) is 0 Å². The second-order valence-corrected chi connectivity index (χ2v) is 7.34. The smallest absolute Gasteiger partial charge is 0.228 e. The molecule has 0 aliphatic carbocycles. The molecule has 0 aromatic heterocycles. The summed E-state index contributed by atoms with van der Waals surface area (Å²) in [5, 5.41) is 0.650. The molecule has 2 heterocycles. The first-order valence-electron chi connectivity index (χ1n) is 8.88. The maximum atomic E-state index is 12.9. The predicted molar refractivity (Wildman–Crippen MR) is 96.3 cm³/mol. The van der Waals surface area contributed by atoms with Gasteiger partial charge in [-0.2, -0.15) is 0 Å². The summed E-state index contributed by atoms with van der Waals surface area (Å²) in [6, 6.07) is 5.97. The summed E-state index contributed by atoms with van der Waals surface area (Å²) < 4.78 is 0. The van der Waals surface area contributed by atoms with Crippen LogP contribution in [0.5, 0.6) is 0 Å². The summed E-state index contributed by atoms with van der Waals surface area (Å²) in [5.74, 6) is -0.0707. The monoisotopic (exact) mass is 348 g/mol. The van der Waals surface area contributed by atoms with Gasteiger partial charge in [-0.1, -0.05) is 24.6 Å². The van der Waals surface area contributed by atoms with E-state index in [1.54, 1.807) is 4.90 Å². The number of aryl methyl sites for hydroxylation is 1. The van der Waals surface area contributed by atoms with Gasteiger partial charge in [0.1, 0.15) is 0 Å². The third-order valence-corrected chi connectivity index (χ3v) is 5.73. The number of hydrogen-bond donors (Lipinski definition) is 0. The number of likely N-dealkylation sites (tertiary alicyclic amines) is 1. The summed E-state index contributed by atoms with van der Waals surface area (Å²) in [5.41, 5.74) is 1.77. The molecule has 130 valence electrons. The molecule has 2 fully saturated rings. The number of benzene rings is 1. The van der Waals surface area contributed by atoms with Crippen molar-refractivity contribution in [2.24, 2.45) is 5.92 Å². The van der Waals surface area contributed by atoms with Gasteiger partial charge in [0.25, 0.3) is 0 Å². The van der Waals surface area contributed by atoms with Gasteiger partial charge in [-0.05, 0) is 50.3 Å². The molecular formula is C19H25ClN2O2. The Bertz CT molecular complexity index is 646. The van der Waals surface area contributed by atoms with Crippen LogP contribution in [0, 0.1) is 12.8 Å². The van der Waals surface area contributed by atoms with Gasteiger partial charge in [-0.15, -0.1) is 0 Å². The van der Waals surface area contributed by atoms with Crippen LogP contribution in [-0.2, 0) is 9.59 Å². The average Bonchev–Trinajstić information content (AvgIpc) is 2.98. The lowest BCUT2D eigenvalue weighted by Gasteiger charge is -2.36. The van der Waals surface area contributed by atoms with Crippen LogP contribution in [0.1, 0.15) is 44.6 Å². The molecule has 2 amide bonds. The van der Waals surface area contributed by atoms with Gasteiger partial charge in [0.2, 0.25) is 11.8 Å². The Balaban J connectivity index is 1.74. The van der Waals surface area contributed by atoms with Crippen LogP contribution in [0.3, 0.4) is 0 Å². The van der Waals surface area contributed by atoms with E-state index in [1.807, 2.05) is 30.0 Å². The van der Waals surface area contributed by atoms with E-state index in [0.29, 0.717) is 24.0 Å². The van der Waals surface area contributed by atoms with Crippen molar-refractivity contribution in [3.63, 3.8) is 0 Å². The third kappa shape index (κ3) is 3.30. The topological polar surface area (TPSA) is 40.6 Å². The van der Waals surface area contributed by atoms with Gasteiger partial charge in [-0.25, -0.2) is 0 Å². The fourth-order valence-corrected chi connectivity index (χ4v) is 4.00. The number of amides is 2. The summed E-state index contributed by atoms with van der Waals surface area (Å²) in [4.78, 5) is 29.1. The highest BCUT2D eigenvalue weighted by Gasteiger charge is 2.39. The first-order valence-corrected chi connectivity index (χ1v) is 9.26. The Morgan fingerprint density at radius 1 is 1.33 bits per heavy atom. The number of piperidine rings is 1. The van der Waals surface area contributed by atoms with E-state index < -0.39 is 0 Å². The van der Waals surface area contributed by atoms with E-state index in [9.17, 15) is 9.59 Å². The summed E-state index contributed by atoms with van der Waals surface area (Å²) in [6.45, 7) is 5.37. The number of rotatable bonds is 3. The van der Waals surface area contributed by atoms with E-state index in [4.69, 9.17) is 11.6 Å². The number of halogens is 1. The Hall–Kier alpha value is -1.55. The van der Waals surface area contributed by atoms with Crippen molar-refractivity contribution in [3.05, 3.63) is 28.8 Å². The lowest BCUT2D eigenvalue weighted by Crippen LogP contribution is -2.46. The van der Waals surface area contributed by atoms with E-state index in [0.717, 1.165) is 37.1 Å². The molecule has 0 bridgehead atoms. The number of nitrogens with zero attached hydrogens (tertiary/aromatic N) is 2. The largest absolute Gasteiger partial charge is 0.339 e. The molecule has 3 rings (SSSR count). The van der Waals surface area contributed by atoms with Crippen molar-refractivity contribution < 1.29 is 9.59 Å². The maximum Gasteiger partial charge on any atom is 0.228 e. The summed E-state index contributed by atoms with van der Waals surface area (Å²) in [7, 11) is 0. The zero-order valence-corrected chi connectivity index (χ0v) is 15.2. The first kappa shape index (κ1) is 17.3. The van der Waals surface area contributed by atoms with Crippen molar-refractivity contribution in [2.45, 2.75) is 52.0 Å². The van der Waals surface area contributed by atoms with Crippen molar-refractivity contribution in [2.75, 3.05) is 18.0 Å². The fraction of sp³-hybridized carbons (Fsp3) is 0.579. The van der Waals surface area contributed by atoms with E-state index in [2.05, 4.69) is 6.92 Å². The minimum atomic E-state index is -0.232. The molecule has 2 aliphatic heterocycles. The van der Waals surface area contributed by atoms with Crippen LogP contribution in [0.25, 0.3) is 0 Å². The number of anilines is 1. The normalized spacial score (nSPS) is 24.5. The molecule has 2 unspecified atom stereocenters. The second-order valence-electron chi connectivity index (χ2n) is 6.93. The Labute approximate surface area is 148 Å². The third-order valence-electron chi connectivity index (χ3n) is 5.32. The van der Waals surface area contributed by atoms with Gasteiger partial charge in [0.05, 0.1) is 5.92 Å². The van der Waals surface area contributed by atoms with E-state index in [-0.39, 0.29) is 17.7 Å². The zero-order chi connectivity index (χ0) is 17.3. The molecule has 5 heteroatoms. The maximum absolute atomic E-state index is 12.9. The van der Waals surface area contributed by atoms with E-state index >= 15 is 0 Å². The van der Waals surface area contributed by atoms with Gasteiger partial charge in [0, 0.05) is 36.3 Å². The molecule has 2 saturated heterocycles. The van der Waals surface area contributed by atoms with Crippen LogP contribution in [0.15, 0.2) is 18.2 Å². The van der Waals surface area contributed by atoms with Crippen LogP contribution >= 0.6 is 11.6 Å². The van der Waals surface area contributed by atoms with Crippen molar-refractivity contribution in [1.29, 1.82) is 0 Å². The molecule has 0 saturated carbocycles. The highest BCUT2D eigenvalue weighted by molar-refractivity contribution is 6.31. The van der Waals surface area contributed by atoms with Crippen LogP contribution in [0.4, 0.5) is 5.69 Å². The minimum absolute atomic E-state index is 0.0123. The van der Waals surface area contributed by atoms with Crippen molar-refractivity contribution in [1.82, 2.24) is 4.90 Å².